The first-order valence-corrected chi connectivity index (χ1v) is 8.96. The first-order valence-electron chi connectivity index (χ1n) is 8.96. The Bertz CT molecular complexity index is 330. The first-order chi connectivity index (χ1) is 10.1. The summed E-state index contributed by atoms with van der Waals surface area (Å²) in [6, 6.07) is 1.75. The van der Waals surface area contributed by atoms with E-state index in [1.165, 1.54) is 38.8 Å². The van der Waals surface area contributed by atoms with Gasteiger partial charge in [-0.1, -0.05) is 13.8 Å². The van der Waals surface area contributed by atoms with Gasteiger partial charge < -0.3 is 10.5 Å². The summed E-state index contributed by atoms with van der Waals surface area (Å²) in [5.74, 6) is 1.68. The lowest BCUT2D eigenvalue weighted by Gasteiger charge is -2.41. The summed E-state index contributed by atoms with van der Waals surface area (Å²) in [7, 11) is 0. The number of morpholine rings is 1. The van der Waals surface area contributed by atoms with E-state index in [1.807, 2.05) is 0 Å². The van der Waals surface area contributed by atoms with Crippen LogP contribution in [0.3, 0.4) is 0 Å². The van der Waals surface area contributed by atoms with Crippen molar-refractivity contribution in [2.75, 3.05) is 39.4 Å². The van der Waals surface area contributed by atoms with Gasteiger partial charge in [0.25, 0.3) is 0 Å². The molecule has 2 aliphatic heterocycles. The number of nitrogens with two attached hydrogens (primary N) is 1. The van der Waals surface area contributed by atoms with Gasteiger partial charge in [-0.05, 0) is 37.5 Å². The smallest absolute Gasteiger partial charge is 0.0594 e. The molecule has 2 N–H and O–H groups in total. The zero-order valence-corrected chi connectivity index (χ0v) is 13.8. The maximum atomic E-state index is 6.47. The van der Waals surface area contributed by atoms with Gasteiger partial charge in [0.15, 0.2) is 0 Å². The Morgan fingerprint density at radius 3 is 2.48 bits per heavy atom. The van der Waals surface area contributed by atoms with E-state index in [0.29, 0.717) is 12.1 Å². The minimum absolute atomic E-state index is 0.392. The summed E-state index contributed by atoms with van der Waals surface area (Å²) >= 11 is 0. The molecule has 0 amide bonds. The van der Waals surface area contributed by atoms with Gasteiger partial charge in [0.1, 0.15) is 0 Å². The van der Waals surface area contributed by atoms with Crippen LogP contribution in [0.1, 0.15) is 39.5 Å². The monoisotopic (exact) mass is 295 g/mol. The second-order valence-corrected chi connectivity index (χ2v) is 7.63. The summed E-state index contributed by atoms with van der Waals surface area (Å²) in [5, 5.41) is 0. The fourth-order valence-electron chi connectivity index (χ4n) is 4.54. The normalized spacial score (nSPS) is 40.0. The van der Waals surface area contributed by atoms with E-state index in [4.69, 9.17) is 10.5 Å². The Morgan fingerprint density at radius 2 is 1.76 bits per heavy atom. The number of likely N-dealkylation sites (tertiary alicyclic amines) is 1. The largest absolute Gasteiger partial charge is 0.379 e. The SMILES string of the molecule is CC(C)C1CCC(N)C(N2CCC(N3CCOCC3)C2)C1. The Hall–Kier alpha value is -0.160. The van der Waals surface area contributed by atoms with E-state index >= 15 is 0 Å². The molecule has 3 rings (SSSR count). The second kappa shape index (κ2) is 6.95. The lowest BCUT2D eigenvalue weighted by atomic mass is 9.76. The maximum absolute atomic E-state index is 6.47. The molecule has 0 spiro atoms. The molecule has 4 atom stereocenters. The van der Waals surface area contributed by atoms with E-state index < -0.39 is 0 Å². The van der Waals surface area contributed by atoms with E-state index in [1.54, 1.807) is 0 Å². The van der Waals surface area contributed by atoms with Crippen molar-refractivity contribution in [1.29, 1.82) is 0 Å². The molecule has 122 valence electrons. The van der Waals surface area contributed by atoms with Gasteiger partial charge in [-0.2, -0.15) is 0 Å². The van der Waals surface area contributed by atoms with Crippen molar-refractivity contribution in [2.24, 2.45) is 17.6 Å². The van der Waals surface area contributed by atoms with Crippen molar-refractivity contribution < 1.29 is 4.74 Å². The summed E-state index contributed by atoms with van der Waals surface area (Å²) in [6.07, 6.45) is 5.17. The van der Waals surface area contributed by atoms with Gasteiger partial charge in [-0.15, -0.1) is 0 Å². The molecule has 2 saturated heterocycles. The summed E-state index contributed by atoms with van der Waals surface area (Å²) in [6.45, 7) is 11.3. The summed E-state index contributed by atoms with van der Waals surface area (Å²) < 4.78 is 5.48. The fourth-order valence-corrected chi connectivity index (χ4v) is 4.54. The van der Waals surface area contributed by atoms with Gasteiger partial charge >= 0.3 is 0 Å². The minimum Gasteiger partial charge on any atom is -0.379 e. The number of hydrogen-bond donors (Lipinski definition) is 1. The molecule has 4 heteroatoms. The molecular formula is C17H33N3O. The first kappa shape index (κ1) is 15.7. The minimum atomic E-state index is 0.392. The van der Waals surface area contributed by atoms with Crippen LogP contribution in [0.4, 0.5) is 0 Å². The molecular weight excluding hydrogens is 262 g/mol. The molecule has 21 heavy (non-hydrogen) atoms. The third-order valence-electron chi connectivity index (χ3n) is 6.08. The summed E-state index contributed by atoms with van der Waals surface area (Å²) in [4.78, 5) is 5.34. The van der Waals surface area contributed by atoms with Gasteiger partial charge in [0.2, 0.25) is 0 Å². The van der Waals surface area contributed by atoms with Crippen LogP contribution in [-0.2, 0) is 4.74 Å². The Labute approximate surface area is 130 Å². The number of ether oxygens (including phenoxy) is 1. The predicted molar refractivity (Wildman–Crippen MR) is 86.3 cm³/mol. The van der Waals surface area contributed by atoms with Crippen molar-refractivity contribution in [1.82, 2.24) is 9.80 Å². The van der Waals surface area contributed by atoms with Crippen molar-refractivity contribution in [3.63, 3.8) is 0 Å². The van der Waals surface area contributed by atoms with E-state index in [2.05, 4.69) is 23.6 Å². The van der Waals surface area contributed by atoms with Gasteiger partial charge in [0.05, 0.1) is 13.2 Å². The molecule has 4 unspecified atom stereocenters. The average Bonchev–Trinajstić information content (AvgIpc) is 2.98. The van der Waals surface area contributed by atoms with Crippen molar-refractivity contribution in [3.05, 3.63) is 0 Å². The highest BCUT2D eigenvalue weighted by atomic mass is 16.5. The molecule has 1 aliphatic carbocycles. The van der Waals surface area contributed by atoms with Crippen LogP contribution in [0.5, 0.6) is 0 Å². The van der Waals surface area contributed by atoms with Crippen LogP contribution >= 0.6 is 0 Å². The Kier molecular flexibility index (Phi) is 5.20. The van der Waals surface area contributed by atoms with Crippen molar-refractivity contribution >= 4 is 0 Å². The molecule has 2 heterocycles. The number of rotatable bonds is 3. The van der Waals surface area contributed by atoms with Crippen molar-refractivity contribution in [2.45, 2.75) is 57.7 Å². The molecule has 0 radical (unpaired) electrons. The van der Waals surface area contributed by atoms with Crippen LogP contribution in [0.15, 0.2) is 0 Å². The third kappa shape index (κ3) is 3.61. The average molecular weight is 295 g/mol. The van der Waals surface area contributed by atoms with Crippen LogP contribution < -0.4 is 5.73 Å². The molecule has 3 fully saturated rings. The molecule has 3 aliphatic rings. The van der Waals surface area contributed by atoms with Crippen LogP contribution in [0.2, 0.25) is 0 Å². The topological polar surface area (TPSA) is 41.7 Å². The third-order valence-corrected chi connectivity index (χ3v) is 6.08. The molecule has 1 saturated carbocycles. The quantitative estimate of drug-likeness (QED) is 0.858. The molecule has 4 nitrogen and oxygen atoms in total. The lowest BCUT2D eigenvalue weighted by molar-refractivity contribution is 0.0159. The molecule has 0 bridgehead atoms. The maximum Gasteiger partial charge on any atom is 0.0594 e. The van der Waals surface area contributed by atoms with E-state index in [0.717, 1.165) is 44.2 Å². The molecule has 0 aromatic carbocycles. The Balaban J connectivity index is 1.56. The van der Waals surface area contributed by atoms with Crippen molar-refractivity contribution in [3.8, 4) is 0 Å². The van der Waals surface area contributed by atoms with Gasteiger partial charge in [0, 0.05) is 44.3 Å². The summed E-state index contributed by atoms with van der Waals surface area (Å²) in [5.41, 5.74) is 6.47. The van der Waals surface area contributed by atoms with Crippen LogP contribution in [-0.4, -0.2) is 67.3 Å². The zero-order chi connectivity index (χ0) is 14.8. The highest BCUT2D eigenvalue weighted by Gasteiger charge is 2.38. The number of hydrogen-bond acceptors (Lipinski definition) is 4. The Morgan fingerprint density at radius 1 is 1.00 bits per heavy atom. The second-order valence-electron chi connectivity index (χ2n) is 7.63. The zero-order valence-electron chi connectivity index (χ0n) is 13.8. The van der Waals surface area contributed by atoms with Crippen LogP contribution in [0.25, 0.3) is 0 Å². The van der Waals surface area contributed by atoms with Gasteiger partial charge in [-0.25, -0.2) is 0 Å². The number of nitrogens with zero attached hydrogens (tertiary/aromatic N) is 2. The molecule has 0 aromatic heterocycles. The highest BCUT2D eigenvalue weighted by molar-refractivity contribution is 4.95. The molecule has 0 aromatic rings. The highest BCUT2D eigenvalue weighted by Crippen LogP contribution is 2.34. The standard InChI is InChI=1S/C17H33N3O/c1-13(2)14-3-4-16(18)17(11-14)20-6-5-15(12-20)19-7-9-21-10-8-19/h13-17H,3-12,18H2,1-2H3. The van der Waals surface area contributed by atoms with Crippen LogP contribution in [0, 0.1) is 11.8 Å². The van der Waals surface area contributed by atoms with E-state index in [-0.39, 0.29) is 0 Å². The predicted octanol–water partition coefficient (Wildman–Crippen LogP) is 1.54. The fraction of sp³-hybridized carbons (Fsp3) is 1.00. The van der Waals surface area contributed by atoms with Gasteiger partial charge in [-0.3, -0.25) is 9.80 Å². The lowest BCUT2D eigenvalue weighted by Crippen LogP contribution is -2.52. The van der Waals surface area contributed by atoms with E-state index in [9.17, 15) is 0 Å².